The van der Waals surface area contributed by atoms with Crippen molar-refractivity contribution in [2.45, 2.75) is 13.5 Å². The molecule has 0 bridgehead atoms. The number of carbonyl (C=O) groups excluding carboxylic acids is 2. The largest absolute Gasteiger partial charge is 0.482 e. The lowest BCUT2D eigenvalue weighted by atomic mass is 10.1. The first-order chi connectivity index (χ1) is 11.7. The van der Waals surface area contributed by atoms with Gasteiger partial charge in [0.2, 0.25) is 0 Å². The van der Waals surface area contributed by atoms with Crippen LogP contribution in [0.3, 0.4) is 0 Å². The van der Waals surface area contributed by atoms with Gasteiger partial charge in [-0.25, -0.2) is 5.48 Å². The molecule has 1 N–H and O–H groups in total. The van der Waals surface area contributed by atoms with Crippen LogP contribution >= 0.6 is 0 Å². The van der Waals surface area contributed by atoms with Gasteiger partial charge >= 0.3 is 0 Å². The molecule has 1 aliphatic rings. The number of para-hydroxylation sites is 2. The minimum Gasteiger partial charge on any atom is -0.482 e. The normalized spacial score (nSPS) is 13.2. The number of hydroxylamine groups is 1. The number of carbonyl (C=O) groups is 2. The van der Waals surface area contributed by atoms with Crippen molar-refractivity contribution >= 4 is 17.5 Å². The predicted molar refractivity (Wildman–Crippen MR) is 88.7 cm³/mol. The Kier molecular flexibility index (Phi) is 4.77. The van der Waals surface area contributed by atoms with E-state index >= 15 is 0 Å². The van der Waals surface area contributed by atoms with E-state index in [0.29, 0.717) is 24.5 Å². The molecule has 0 radical (unpaired) electrons. The fourth-order valence-electron chi connectivity index (χ4n) is 2.52. The first-order valence-corrected chi connectivity index (χ1v) is 7.72. The van der Waals surface area contributed by atoms with E-state index in [9.17, 15) is 9.59 Å². The van der Waals surface area contributed by atoms with Crippen molar-refractivity contribution < 1.29 is 19.2 Å². The van der Waals surface area contributed by atoms with Gasteiger partial charge in [-0.05, 0) is 36.8 Å². The Morgan fingerprint density at radius 1 is 1.25 bits per heavy atom. The number of amides is 2. The number of nitrogens with zero attached hydrogens (tertiary/aromatic N) is 1. The Hall–Kier alpha value is -2.86. The number of benzene rings is 2. The summed E-state index contributed by atoms with van der Waals surface area (Å²) in [7, 11) is 0. The van der Waals surface area contributed by atoms with Crippen molar-refractivity contribution in [3.63, 3.8) is 0 Å². The molecule has 0 saturated carbocycles. The van der Waals surface area contributed by atoms with Crippen molar-refractivity contribution in [1.82, 2.24) is 5.48 Å². The number of hydrogen-bond donors (Lipinski definition) is 1. The smallest absolute Gasteiger partial charge is 0.274 e. The Labute approximate surface area is 139 Å². The Balaban J connectivity index is 1.81. The van der Waals surface area contributed by atoms with Gasteiger partial charge in [0.05, 0.1) is 18.8 Å². The number of anilines is 1. The Morgan fingerprint density at radius 2 is 2.08 bits per heavy atom. The summed E-state index contributed by atoms with van der Waals surface area (Å²) in [5.41, 5.74) is 4.43. The van der Waals surface area contributed by atoms with Crippen LogP contribution in [0.15, 0.2) is 48.5 Å². The summed E-state index contributed by atoms with van der Waals surface area (Å²) in [5.74, 6) is 0.257. The lowest BCUT2D eigenvalue weighted by Crippen LogP contribution is -2.38. The summed E-state index contributed by atoms with van der Waals surface area (Å²) >= 11 is 0. The van der Waals surface area contributed by atoms with E-state index in [4.69, 9.17) is 9.57 Å². The lowest BCUT2D eigenvalue weighted by molar-refractivity contribution is -0.121. The lowest BCUT2D eigenvalue weighted by Gasteiger charge is -2.29. The van der Waals surface area contributed by atoms with E-state index in [1.807, 2.05) is 30.3 Å². The molecule has 2 aromatic rings. The molecule has 124 valence electrons. The number of nitrogens with one attached hydrogen (secondary N) is 1. The van der Waals surface area contributed by atoms with Gasteiger partial charge in [-0.15, -0.1) is 0 Å². The number of hydrogen-bond acceptors (Lipinski definition) is 4. The van der Waals surface area contributed by atoms with E-state index in [2.05, 4.69) is 5.48 Å². The Morgan fingerprint density at radius 3 is 2.92 bits per heavy atom. The van der Waals surface area contributed by atoms with Crippen LogP contribution in [-0.4, -0.2) is 25.0 Å². The van der Waals surface area contributed by atoms with Gasteiger partial charge in [0.1, 0.15) is 5.75 Å². The van der Waals surface area contributed by atoms with Crippen molar-refractivity contribution in [1.29, 1.82) is 0 Å². The van der Waals surface area contributed by atoms with Crippen molar-refractivity contribution in [2.75, 3.05) is 18.1 Å². The first-order valence-electron chi connectivity index (χ1n) is 7.72. The minimum absolute atomic E-state index is 0.0154. The maximum Gasteiger partial charge on any atom is 0.274 e. The molecular formula is C18H18N2O4. The van der Waals surface area contributed by atoms with Gasteiger partial charge in [-0.1, -0.05) is 24.3 Å². The van der Waals surface area contributed by atoms with Crippen molar-refractivity contribution in [3.8, 4) is 5.75 Å². The summed E-state index contributed by atoms with van der Waals surface area (Å²) in [6.45, 7) is 2.57. The maximum atomic E-state index is 12.2. The second-order valence-corrected chi connectivity index (χ2v) is 5.30. The molecule has 3 rings (SSSR count). The molecule has 0 aliphatic carbocycles. The molecule has 0 spiro atoms. The molecule has 0 atom stereocenters. The Bertz CT molecular complexity index is 760. The van der Waals surface area contributed by atoms with Gasteiger partial charge in [-0.2, -0.15) is 0 Å². The highest BCUT2D eigenvalue weighted by molar-refractivity contribution is 5.98. The van der Waals surface area contributed by atoms with Gasteiger partial charge in [0.15, 0.2) is 6.61 Å². The molecule has 24 heavy (non-hydrogen) atoms. The van der Waals surface area contributed by atoms with E-state index in [-0.39, 0.29) is 18.4 Å². The van der Waals surface area contributed by atoms with E-state index in [0.717, 1.165) is 11.3 Å². The van der Waals surface area contributed by atoms with Crippen LogP contribution in [-0.2, 0) is 16.2 Å². The number of ether oxygens (including phenoxy) is 1. The maximum absolute atomic E-state index is 12.2. The zero-order valence-electron chi connectivity index (χ0n) is 13.3. The molecule has 0 saturated heterocycles. The van der Waals surface area contributed by atoms with Crippen molar-refractivity contribution in [2.24, 2.45) is 0 Å². The van der Waals surface area contributed by atoms with Crippen LogP contribution in [0.2, 0.25) is 0 Å². The summed E-state index contributed by atoms with van der Waals surface area (Å²) in [5, 5.41) is 0. The molecule has 0 fully saturated rings. The van der Waals surface area contributed by atoms with E-state index < -0.39 is 0 Å². The summed E-state index contributed by atoms with van der Waals surface area (Å²) in [4.78, 5) is 30.8. The number of rotatable bonds is 5. The van der Waals surface area contributed by atoms with Crippen LogP contribution in [0.5, 0.6) is 5.75 Å². The molecular weight excluding hydrogens is 308 g/mol. The molecule has 6 nitrogen and oxygen atoms in total. The average Bonchev–Trinajstić information content (AvgIpc) is 2.62. The van der Waals surface area contributed by atoms with E-state index in [1.54, 1.807) is 30.0 Å². The van der Waals surface area contributed by atoms with Crippen molar-refractivity contribution in [3.05, 3.63) is 59.7 Å². The molecule has 6 heteroatoms. The predicted octanol–water partition coefficient (Wildman–Crippen LogP) is 2.29. The highest BCUT2D eigenvalue weighted by Gasteiger charge is 2.25. The summed E-state index contributed by atoms with van der Waals surface area (Å²) < 4.78 is 5.44. The second-order valence-electron chi connectivity index (χ2n) is 5.30. The minimum atomic E-state index is -0.313. The fraction of sp³-hybridized carbons (Fsp3) is 0.222. The SMILES string of the molecule is CCONC(=O)c1cccc(CN2C(=O)COc3ccccc32)c1. The summed E-state index contributed by atoms with van der Waals surface area (Å²) in [6, 6.07) is 14.5. The fourth-order valence-corrected chi connectivity index (χ4v) is 2.52. The molecule has 2 amide bonds. The molecule has 0 aromatic heterocycles. The summed E-state index contributed by atoms with van der Waals surface area (Å²) in [6.07, 6.45) is 0. The highest BCUT2D eigenvalue weighted by Crippen LogP contribution is 2.32. The van der Waals surface area contributed by atoms with Gasteiger partial charge in [0, 0.05) is 5.56 Å². The monoisotopic (exact) mass is 326 g/mol. The topological polar surface area (TPSA) is 67.9 Å². The van der Waals surface area contributed by atoms with E-state index in [1.165, 1.54) is 0 Å². The molecule has 1 heterocycles. The highest BCUT2D eigenvalue weighted by atomic mass is 16.6. The van der Waals surface area contributed by atoms with Gasteiger partial charge in [0.25, 0.3) is 11.8 Å². The van der Waals surface area contributed by atoms with Crippen LogP contribution in [0, 0.1) is 0 Å². The third-order valence-corrected chi connectivity index (χ3v) is 3.65. The average molecular weight is 326 g/mol. The third kappa shape index (κ3) is 3.38. The van der Waals surface area contributed by atoms with Crippen LogP contribution in [0.1, 0.15) is 22.8 Å². The zero-order valence-corrected chi connectivity index (χ0v) is 13.3. The first kappa shape index (κ1) is 16.0. The van der Waals surface area contributed by atoms with Crippen LogP contribution in [0.25, 0.3) is 0 Å². The third-order valence-electron chi connectivity index (χ3n) is 3.65. The molecule has 2 aromatic carbocycles. The standard InChI is InChI=1S/C18H18N2O4/c1-2-24-19-18(22)14-7-5-6-13(10-14)11-20-15-8-3-4-9-16(15)23-12-17(20)21/h3-10H,2,11-12H2,1H3,(H,19,22). The zero-order chi connectivity index (χ0) is 16.9. The quantitative estimate of drug-likeness (QED) is 0.856. The second kappa shape index (κ2) is 7.14. The number of fused-ring (bicyclic) bond motifs is 1. The van der Waals surface area contributed by atoms with Crippen LogP contribution in [0.4, 0.5) is 5.69 Å². The van der Waals surface area contributed by atoms with Gasteiger partial charge < -0.3 is 9.64 Å². The molecule has 0 unspecified atom stereocenters. The van der Waals surface area contributed by atoms with Crippen LogP contribution < -0.4 is 15.1 Å². The van der Waals surface area contributed by atoms with Gasteiger partial charge in [-0.3, -0.25) is 14.4 Å². The molecule has 1 aliphatic heterocycles.